The maximum Gasteiger partial charge on any atom is 0.227 e. The van der Waals surface area contributed by atoms with Gasteiger partial charge in [0.2, 0.25) is 5.91 Å². The molecular formula is C17H23N3O. The van der Waals surface area contributed by atoms with Crippen molar-refractivity contribution in [1.29, 1.82) is 0 Å². The second kappa shape index (κ2) is 6.75. The van der Waals surface area contributed by atoms with Crippen molar-refractivity contribution in [3.8, 4) is 11.8 Å². The molecular weight excluding hydrogens is 262 g/mol. The fraction of sp³-hybridized carbons (Fsp3) is 0.471. The number of nitrogens with one attached hydrogen (secondary N) is 1. The number of hydrogen-bond donors (Lipinski definition) is 2. The van der Waals surface area contributed by atoms with Crippen LogP contribution in [0.2, 0.25) is 0 Å². The monoisotopic (exact) mass is 285 g/mol. The zero-order valence-electron chi connectivity index (χ0n) is 12.8. The lowest BCUT2D eigenvalue weighted by Crippen LogP contribution is -2.39. The van der Waals surface area contributed by atoms with Gasteiger partial charge in [-0.25, -0.2) is 0 Å². The van der Waals surface area contributed by atoms with E-state index < -0.39 is 0 Å². The molecule has 1 unspecified atom stereocenters. The number of benzene rings is 1. The topological polar surface area (TPSA) is 58.4 Å². The molecule has 0 radical (unpaired) electrons. The molecule has 4 heteroatoms. The summed E-state index contributed by atoms with van der Waals surface area (Å²) in [7, 11) is 1.70. The van der Waals surface area contributed by atoms with Crippen LogP contribution in [0.25, 0.3) is 0 Å². The van der Waals surface area contributed by atoms with Crippen LogP contribution < -0.4 is 11.1 Å². The van der Waals surface area contributed by atoms with Crippen LogP contribution in [0.5, 0.6) is 0 Å². The predicted octanol–water partition coefficient (Wildman–Crippen LogP) is 0.955. The fourth-order valence-corrected chi connectivity index (χ4v) is 2.85. The first-order chi connectivity index (χ1) is 10.1. The molecule has 0 spiro atoms. The molecule has 1 aliphatic heterocycles. The standard InChI is InChI=1S/C17H23N3O/c1-17(16(21)19-2)9-11-20(13-17)12-15-7-4-3-6-14(15)8-5-10-18/h3-4,6-7H,9-13,18H2,1-2H3,(H,19,21). The number of nitrogens with zero attached hydrogens (tertiary/aromatic N) is 1. The number of hydrogen-bond acceptors (Lipinski definition) is 3. The van der Waals surface area contributed by atoms with Crippen LogP contribution in [-0.2, 0) is 11.3 Å². The lowest BCUT2D eigenvalue weighted by molar-refractivity contribution is -0.129. The van der Waals surface area contributed by atoms with Gasteiger partial charge in [0.25, 0.3) is 0 Å². The first-order valence-corrected chi connectivity index (χ1v) is 7.30. The minimum absolute atomic E-state index is 0.126. The highest BCUT2D eigenvalue weighted by atomic mass is 16.2. The molecule has 1 atom stereocenters. The normalized spacial score (nSPS) is 21.7. The Morgan fingerprint density at radius 3 is 2.95 bits per heavy atom. The second-order valence-corrected chi connectivity index (χ2v) is 5.76. The smallest absolute Gasteiger partial charge is 0.227 e. The van der Waals surface area contributed by atoms with Crippen LogP contribution >= 0.6 is 0 Å². The SMILES string of the molecule is CNC(=O)C1(C)CCN(Cc2ccccc2C#CCN)C1. The van der Waals surface area contributed by atoms with Gasteiger partial charge < -0.3 is 11.1 Å². The lowest BCUT2D eigenvalue weighted by Gasteiger charge is -2.23. The van der Waals surface area contributed by atoms with Crippen LogP contribution in [0, 0.1) is 17.3 Å². The summed E-state index contributed by atoms with van der Waals surface area (Å²) in [4.78, 5) is 14.3. The molecule has 3 N–H and O–H groups in total. The van der Waals surface area contributed by atoms with Crippen LogP contribution in [0.3, 0.4) is 0 Å². The van der Waals surface area contributed by atoms with Crippen molar-refractivity contribution in [2.45, 2.75) is 19.9 Å². The molecule has 0 aliphatic carbocycles. The summed E-state index contributed by atoms with van der Waals surface area (Å²) >= 11 is 0. The minimum Gasteiger partial charge on any atom is -0.359 e. The molecule has 0 aromatic heterocycles. The summed E-state index contributed by atoms with van der Waals surface area (Å²) in [5.74, 6) is 6.16. The Morgan fingerprint density at radius 1 is 1.48 bits per heavy atom. The van der Waals surface area contributed by atoms with Gasteiger partial charge in [-0.3, -0.25) is 9.69 Å². The molecule has 1 heterocycles. The zero-order valence-corrected chi connectivity index (χ0v) is 12.8. The summed E-state index contributed by atoms with van der Waals surface area (Å²) in [6.45, 7) is 4.94. The van der Waals surface area contributed by atoms with Gasteiger partial charge in [-0.15, -0.1) is 0 Å². The van der Waals surface area contributed by atoms with Crippen LogP contribution in [0.1, 0.15) is 24.5 Å². The Balaban J connectivity index is 2.09. The van der Waals surface area contributed by atoms with E-state index in [1.807, 2.05) is 25.1 Å². The van der Waals surface area contributed by atoms with Crippen molar-refractivity contribution in [3.05, 3.63) is 35.4 Å². The largest absolute Gasteiger partial charge is 0.359 e. The highest BCUT2D eigenvalue weighted by Crippen LogP contribution is 2.31. The van der Waals surface area contributed by atoms with E-state index in [0.717, 1.165) is 31.6 Å². The number of rotatable bonds is 3. The highest BCUT2D eigenvalue weighted by Gasteiger charge is 2.39. The molecule has 1 aromatic carbocycles. The van der Waals surface area contributed by atoms with Gasteiger partial charge in [-0.1, -0.05) is 30.0 Å². The van der Waals surface area contributed by atoms with E-state index in [1.54, 1.807) is 7.05 Å². The molecule has 1 aliphatic rings. The average Bonchev–Trinajstić information content (AvgIpc) is 2.88. The molecule has 21 heavy (non-hydrogen) atoms. The van der Waals surface area contributed by atoms with Gasteiger partial charge in [-0.05, 0) is 31.5 Å². The Hall–Kier alpha value is -1.83. The molecule has 2 rings (SSSR count). The molecule has 1 amide bonds. The van der Waals surface area contributed by atoms with E-state index in [-0.39, 0.29) is 11.3 Å². The molecule has 0 saturated carbocycles. The number of nitrogens with two attached hydrogens (primary N) is 1. The molecule has 0 bridgehead atoms. The van der Waals surface area contributed by atoms with E-state index in [0.29, 0.717) is 6.54 Å². The maximum atomic E-state index is 12.0. The third kappa shape index (κ3) is 3.63. The van der Waals surface area contributed by atoms with Gasteiger partial charge in [0.15, 0.2) is 0 Å². The molecule has 1 aromatic rings. The first kappa shape index (κ1) is 15.6. The number of likely N-dealkylation sites (tertiary alicyclic amines) is 1. The van der Waals surface area contributed by atoms with Gasteiger partial charge in [0.1, 0.15) is 0 Å². The summed E-state index contributed by atoms with van der Waals surface area (Å²) in [5, 5.41) is 2.77. The number of amides is 1. The Morgan fingerprint density at radius 2 is 2.24 bits per heavy atom. The number of carbonyl (C=O) groups excluding carboxylic acids is 1. The van der Waals surface area contributed by atoms with Crippen molar-refractivity contribution < 1.29 is 4.79 Å². The maximum absolute atomic E-state index is 12.0. The Kier molecular flexibility index (Phi) is 5.00. The van der Waals surface area contributed by atoms with Crippen LogP contribution in [-0.4, -0.2) is 37.5 Å². The van der Waals surface area contributed by atoms with E-state index in [4.69, 9.17) is 5.73 Å². The van der Waals surface area contributed by atoms with Crippen molar-refractivity contribution in [3.63, 3.8) is 0 Å². The zero-order chi connectivity index (χ0) is 15.3. The molecule has 1 fully saturated rings. The summed E-state index contributed by atoms with van der Waals surface area (Å²) in [6.07, 6.45) is 0.892. The molecule has 1 saturated heterocycles. The van der Waals surface area contributed by atoms with Crippen LogP contribution in [0.15, 0.2) is 24.3 Å². The predicted molar refractivity (Wildman–Crippen MR) is 84.4 cm³/mol. The van der Waals surface area contributed by atoms with Gasteiger partial charge in [-0.2, -0.15) is 0 Å². The number of carbonyl (C=O) groups is 1. The molecule has 112 valence electrons. The van der Waals surface area contributed by atoms with E-state index in [9.17, 15) is 4.79 Å². The van der Waals surface area contributed by atoms with Gasteiger partial charge >= 0.3 is 0 Å². The third-order valence-electron chi connectivity index (χ3n) is 4.06. The second-order valence-electron chi connectivity index (χ2n) is 5.76. The quantitative estimate of drug-likeness (QED) is 0.813. The van der Waals surface area contributed by atoms with Crippen molar-refractivity contribution in [2.24, 2.45) is 11.1 Å². The highest BCUT2D eigenvalue weighted by molar-refractivity contribution is 5.82. The van der Waals surface area contributed by atoms with Crippen LogP contribution in [0.4, 0.5) is 0 Å². The minimum atomic E-state index is -0.285. The average molecular weight is 285 g/mol. The fourth-order valence-electron chi connectivity index (χ4n) is 2.85. The van der Waals surface area contributed by atoms with E-state index in [1.165, 1.54) is 5.56 Å². The third-order valence-corrected chi connectivity index (χ3v) is 4.06. The van der Waals surface area contributed by atoms with E-state index >= 15 is 0 Å². The lowest BCUT2D eigenvalue weighted by atomic mass is 9.89. The summed E-state index contributed by atoms with van der Waals surface area (Å²) in [5.41, 5.74) is 7.38. The van der Waals surface area contributed by atoms with Gasteiger partial charge in [0, 0.05) is 25.7 Å². The summed E-state index contributed by atoms with van der Waals surface area (Å²) in [6, 6.07) is 8.13. The molecule has 4 nitrogen and oxygen atoms in total. The first-order valence-electron chi connectivity index (χ1n) is 7.30. The van der Waals surface area contributed by atoms with Gasteiger partial charge in [0.05, 0.1) is 12.0 Å². The summed E-state index contributed by atoms with van der Waals surface area (Å²) < 4.78 is 0. The van der Waals surface area contributed by atoms with E-state index in [2.05, 4.69) is 28.1 Å². The Bertz CT molecular complexity index is 573. The van der Waals surface area contributed by atoms with Crippen molar-refractivity contribution in [2.75, 3.05) is 26.7 Å². The van der Waals surface area contributed by atoms with Crippen molar-refractivity contribution >= 4 is 5.91 Å². The van der Waals surface area contributed by atoms with Crippen molar-refractivity contribution in [1.82, 2.24) is 10.2 Å². The Labute approximate surface area is 126 Å².